The summed E-state index contributed by atoms with van der Waals surface area (Å²) in [4.78, 5) is 24.4. The minimum Gasteiger partial charge on any atom is -0.383 e. The van der Waals surface area contributed by atoms with Crippen LogP contribution in [0.4, 0.5) is 24.7 Å². The molecule has 0 aliphatic carbocycles. The number of alkyl halides is 3. The first-order valence-electron chi connectivity index (χ1n) is 4.69. The zero-order chi connectivity index (χ0) is 13.2. The van der Waals surface area contributed by atoms with E-state index in [1.807, 2.05) is 10.3 Å². The number of hydrogen-bond donors (Lipinski definition) is 3. The first-order valence-corrected chi connectivity index (χ1v) is 4.69. The van der Waals surface area contributed by atoms with Gasteiger partial charge in [-0.15, -0.1) is 0 Å². The zero-order valence-electron chi connectivity index (χ0n) is 8.89. The number of aromatic nitrogens is 2. The molecule has 0 radical (unpaired) electrons. The van der Waals surface area contributed by atoms with Gasteiger partial charge in [-0.2, -0.15) is 13.2 Å². The van der Waals surface area contributed by atoms with E-state index in [1.165, 1.54) is 0 Å². The Hall–Kier alpha value is -1.93. The van der Waals surface area contributed by atoms with Gasteiger partial charge in [0.1, 0.15) is 18.1 Å². The number of hydrogen-bond acceptors (Lipinski definition) is 4. The molecular formula is C8H11F3N4O2. The summed E-state index contributed by atoms with van der Waals surface area (Å²) in [6.07, 6.45) is -4.48. The van der Waals surface area contributed by atoms with Crippen molar-refractivity contribution in [2.24, 2.45) is 0 Å². The fourth-order valence-corrected chi connectivity index (χ4v) is 1.26. The van der Waals surface area contributed by atoms with Crippen molar-refractivity contribution in [1.82, 2.24) is 9.55 Å². The molecule has 0 atom stereocenters. The lowest BCUT2D eigenvalue weighted by atomic mass is 10.4. The van der Waals surface area contributed by atoms with E-state index in [2.05, 4.69) is 0 Å². The van der Waals surface area contributed by atoms with E-state index >= 15 is 0 Å². The highest BCUT2D eigenvalue weighted by Crippen LogP contribution is 2.17. The molecule has 1 aromatic heterocycles. The van der Waals surface area contributed by atoms with E-state index < -0.39 is 29.7 Å². The van der Waals surface area contributed by atoms with Crippen molar-refractivity contribution in [2.75, 3.05) is 17.6 Å². The lowest BCUT2D eigenvalue weighted by Crippen LogP contribution is -2.35. The van der Waals surface area contributed by atoms with E-state index in [1.54, 1.807) is 6.92 Å². The molecule has 0 amide bonds. The van der Waals surface area contributed by atoms with Crippen LogP contribution in [-0.2, 0) is 6.54 Å². The summed E-state index contributed by atoms with van der Waals surface area (Å²) in [6, 6.07) is 0. The molecule has 0 fully saturated rings. The Balaban J connectivity index is 3.17. The van der Waals surface area contributed by atoms with Crippen LogP contribution < -0.4 is 22.3 Å². The lowest BCUT2D eigenvalue weighted by Gasteiger charge is -2.13. The van der Waals surface area contributed by atoms with Crippen LogP contribution in [0.1, 0.15) is 6.92 Å². The van der Waals surface area contributed by atoms with Crippen molar-refractivity contribution in [2.45, 2.75) is 19.6 Å². The second kappa shape index (κ2) is 4.52. The van der Waals surface area contributed by atoms with Crippen LogP contribution in [0.2, 0.25) is 0 Å². The molecule has 9 heteroatoms. The molecule has 0 bridgehead atoms. The van der Waals surface area contributed by atoms with Gasteiger partial charge in [0.15, 0.2) is 0 Å². The smallest absolute Gasteiger partial charge is 0.383 e. The maximum Gasteiger partial charge on any atom is 0.405 e. The Labute approximate surface area is 93.2 Å². The maximum absolute atomic E-state index is 12.0. The predicted molar refractivity (Wildman–Crippen MR) is 56.0 cm³/mol. The van der Waals surface area contributed by atoms with E-state index in [0.717, 1.165) is 4.57 Å². The van der Waals surface area contributed by atoms with Gasteiger partial charge in [0, 0.05) is 6.54 Å². The summed E-state index contributed by atoms with van der Waals surface area (Å²) >= 11 is 0. The summed E-state index contributed by atoms with van der Waals surface area (Å²) in [5.41, 5.74) is 3.26. The van der Waals surface area contributed by atoms with Gasteiger partial charge in [-0.05, 0) is 6.92 Å². The average Bonchev–Trinajstić information content (AvgIpc) is 2.15. The van der Waals surface area contributed by atoms with Crippen molar-refractivity contribution in [3.63, 3.8) is 0 Å². The van der Waals surface area contributed by atoms with Crippen molar-refractivity contribution in [1.29, 1.82) is 0 Å². The summed E-state index contributed by atoms with van der Waals surface area (Å²) in [6.45, 7) is 0.313. The number of halogens is 3. The Morgan fingerprint density at radius 2 is 2.00 bits per heavy atom. The number of aromatic amines is 1. The standard InChI is InChI=1S/C8H11F3N4O2/c1-2-15-5(12)4(6(16)14-7(15)17)13-3-8(9,10)11/h13H,2-3,12H2,1H3,(H,14,16,17). The molecule has 0 spiro atoms. The number of nitrogens with two attached hydrogens (primary N) is 1. The molecule has 0 aliphatic heterocycles. The minimum absolute atomic E-state index is 0.141. The second-order valence-corrected chi connectivity index (χ2v) is 3.23. The monoisotopic (exact) mass is 252 g/mol. The van der Waals surface area contributed by atoms with Crippen LogP contribution in [0, 0.1) is 0 Å². The van der Waals surface area contributed by atoms with Crippen LogP contribution in [0.25, 0.3) is 0 Å². The van der Waals surface area contributed by atoms with Gasteiger partial charge in [0.2, 0.25) is 0 Å². The number of H-pyrrole nitrogens is 1. The fraction of sp³-hybridized carbons (Fsp3) is 0.500. The molecule has 1 rings (SSSR count). The van der Waals surface area contributed by atoms with Gasteiger partial charge < -0.3 is 11.1 Å². The first-order chi connectivity index (χ1) is 7.76. The van der Waals surface area contributed by atoms with Gasteiger partial charge in [0.05, 0.1) is 0 Å². The Morgan fingerprint density at radius 1 is 1.41 bits per heavy atom. The lowest BCUT2D eigenvalue weighted by molar-refractivity contribution is -0.115. The largest absolute Gasteiger partial charge is 0.405 e. The van der Waals surface area contributed by atoms with Crippen LogP contribution in [0.5, 0.6) is 0 Å². The molecule has 17 heavy (non-hydrogen) atoms. The molecule has 0 saturated carbocycles. The van der Waals surface area contributed by atoms with Gasteiger partial charge in [-0.3, -0.25) is 14.3 Å². The first kappa shape index (κ1) is 13.1. The zero-order valence-corrected chi connectivity index (χ0v) is 8.89. The molecular weight excluding hydrogens is 241 g/mol. The van der Waals surface area contributed by atoms with Gasteiger partial charge in [-0.25, -0.2) is 4.79 Å². The SMILES string of the molecule is CCn1c(N)c(NCC(F)(F)F)c(=O)[nH]c1=O. The van der Waals surface area contributed by atoms with E-state index in [9.17, 15) is 22.8 Å². The number of nitrogen functional groups attached to an aromatic ring is 1. The third-order valence-corrected chi connectivity index (χ3v) is 2.02. The van der Waals surface area contributed by atoms with Crippen LogP contribution in [0.15, 0.2) is 9.59 Å². The summed E-state index contributed by atoms with van der Waals surface area (Å²) in [5.74, 6) is -0.314. The van der Waals surface area contributed by atoms with Crippen LogP contribution >= 0.6 is 0 Å². The molecule has 96 valence electrons. The van der Waals surface area contributed by atoms with Crippen molar-refractivity contribution in [3.8, 4) is 0 Å². The van der Waals surface area contributed by atoms with E-state index in [4.69, 9.17) is 5.73 Å². The topological polar surface area (TPSA) is 92.9 Å². The highest BCUT2D eigenvalue weighted by Gasteiger charge is 2.27. The Morgan fingerprint density at radius 3 is 2.47 bits per heavy atom. The highest BCUT2D eigenvalue weighted by atomic mass is 19.4. The number of nitrogens with one attached hydrogen (secondary N) is 2. The van der Waals surface area contributed by atoms with Crippen molar-refractivity contribution >= 4 is 11.5 Å². The molecule has 6 nitrogen and oxygen atoms in total. The Kier molecular flexibility index (Phi) is 3.49. The van der Waals surface area contributed by atoms with Gasteiger partial charge >= 0.3 is 11.9 Å². The summed E-state index contributed by atoms with van der Waals surface area (Å²) in [5, 5.41) is 1.87. The molecule has 0 aliphatic rings. The molecule has 4 N–H and O–H groups in total. The van der Waals surface area contributed by atoms with Crippen molar-refractivity contribution in [3.05, 3.63) is 20.8 Å². The van der Waals surface area contributed by atoms with Gasteiger partial charge in [0.25, 0.3) is 5.56 Å². The summed E-state index contributed by atoms with van der Waals surface area (Å²) < 4.78 is 36.9. The number of rotatable bonds is 3. The quantitative estimate of drug-likeness (QED) is 0.712. The highest BCUT2D eigenvalue weighted by molar-refractivity contribution is 5.60. The Bertz CT molecular complexity index is 517. The van der Waals surface area contributed by atoms with Crippen LogP contribution in [-0.4, -0.2) is 22.3 Å². The van der Waals surface area contributed by atoms with Crippen molar-refractivity contribution < 1.29 is 13.2 Å². The normalized spacial score (nSPS) is 11.5. The minimum atomic E-state index is -4.48. The molecule has 1 heterocycles. The molecule has 0 saturated heterocycles. The molecule has 1 aromatic rings. The van der Waals surface area contributed by atoms with Crippen LogP contribution in [0.3, 0.4) is 0 Å². The molecule has 0 aromatic carbocycles. The summed E-state index contributed by atoms with van der Waals surface area (Å²) in [7, 11) is 0. The maximum atomic E-state index is 12.0. The molecule has 0 unspecified atom stereocenters. The van der Waals surface area contributed by atoms with E-state index in [0.29, 0.717) is 0 Å². The second-order valence-electron chi connectivity index (χ2n) is 3.23. The number of anilines is 2. The third kappa shape index (κ3) is 3.02. The third-order valence-electron chi connectivity index (χ3n) is 2.02. The van der Waals surface area contributed by atoms with Gasteiger partial charge in [-0.1, -0.05) is 0 Å². The fourth-order valence-electron chi connectivity index (χ4n) is 1.26. The predicted octanol–water partition coefficient (Wildman–Crippen LogP) is 0.113. The average molecular weight is 252 g/mol. The number of nitrogens with zero attached hydrogens (tertiary/aromatic N) is 1. The van der Waals surface area contributed by atoms with E-state index in [-0.39, 0.29) is 12.4 Å².